The van der Waals surface area contributed by atoms with Crippen molar-refractivity contribution < 1.29 is 22.6 Å². The zero-order chi connectivity index (χ0) is 14.8. The Balaban J connectivity index is 2.18. The highest BCUT2D eigenvalue weighted by atomic mass is 19.4. The molecule has 0 heterocycles. The number of alkyl halides is 3. The third kappa shape index (κ3) is 7.89. The van der Waals surface area contributed by atoms with Crippen LogP contribution in [0.2, 0.25) is 0 Å². The number of hydrogen-bond donors (Lipinski definition) is 1. The second-order valence-electron chi connectivity index (χ2n) is 4.39. The van der Waals surface area contributed by atoms with E-state index in [2.05, 4.69) is 10.1 Å². The van der Waals surface area contributed by atoms with Crippen molar-refractivity contribution in [3.8, 4) is 11.5 Å². The van der Waals surface area contributed by atoms with Crippen LogP contribution in [-0.2, 0) is 0 Å². The molecule has 0 amide bonds. The fourth-order valence-corrected chi connectivity index (χ4v) is 1.68. The van der Waals surface area contributed by atoms with Gasteiger partial charge in [0.15, 0.2) is 0 Å². The van der Waals surface area contributed by atoms with Crippen LogP contribution in [0.1, 0.15) is 25.7 Å². The molecule has 0 aliphatic heterocycles. The topological polar surface area (TPSA) is 30.5 Å². The molecule has 20 heavy (non-hydrogen) atoms. The van der Waals surface area contributed by atoms with E-state index < -0.39 is 6.36 Å². The number of halogens is 3. The molecule has 0 atom stereocenters. The predicted molar refractivity (Wildman–Crippen MR) is 71.0 cm³/mol. The molecule has 3 nitrogen and oxygen atoms in total. The number of benzene rings is 1. The third-order valence-corrected chi connectivity index (χ3v) is 2.65. The highest BCUT2D eigenvalue weighted by Gasteiger charge is 2.30. The Kier molecular flexibility index (Phi) is 7.22. The summed E-state index contributed by atoms with van der Waals surface area (Å²) in [6.07, 6.45) is -0.361. The Morgan fingerprint density at radius 3 is 2.15 bits per heavy atom. The Morgan fingerprint density at radius 2 is 1.55 bits per heavy atom. The highest BCUT2D eigenvalue weighted by Crippen LogP contribution is 2.24. The Labute approximate surface area is 117 Å². The fraction of sp³-hybridized carbons (Fsp3) is 0.571. The van der Waals surface area contributed by atoms with E-state index >= 15 is 0 Å². The summed E-state index contributed by atoms with van der Waals surface area (Å²) in [4.78, 5) is 0. The van der Waals surface area contributed by atoms with Gasteiger partial charge in [0, 0.05) is 0 Å². The molecule has 1 rings (SSSR count). The lowest BCUT2D eigenvalue weighted by Crippen LogP contribution is -2.16. The molecule has 1 aromatic rings. The van der Waals surface area contributed by atoms with Gasteiger partial charge in [-0.15, -0.1) is 13.2 Å². The van der Waals surface area contributed by atoms with Gasteiger partial charge in [0.1, 0.15) is 11.5 Å². The van der Waals surface area contributed by atoms with Crippen molar-refractivity contribution >= 4 is 0 Å². The molecular weight excluding hydrogens is 271 g/mol. The largest absolute Gasteiger partial charge is 0.573 e. The monoisotopic (exact) mass is 291 g/mol. The maximum absolute atomic E-state index is 12.0. The van der Waals surface area contributed by atoms with E-state index in [1.807, 2.05) is 7.05 Å². The molecule has 1 aromatic carbocycles. The smallest absolute Gasteiger partial charge is 0.494 e. The quantitative estimate of drug-likeness (QED) is 0.703. The molecule has 0 saturated carbocycles. The number of ether oxygens (including phenoxy) is 2. The predicted octanol–water partition coefficient (Wildman–Crippen LogP) is 3.74. The van der Waals surface area contributed by atoms with Gasteiger partial charge in [0.25, 0.3) is 0 Å². The summed E-state index contributed by atoms with van der Waals surface area (Å²) in [5, 5.41) is 3.08. The molecule has 0 unspecified atom stereocenters. The molecule has 0 aliphatic rings. The average molecular weight is 291 g/mol. The molecule has 0 saturated heterocycles. The van der Waals surface area contributed by atoms with E-state index in [-0.39, 0.29) is 5.75 Å². The minimum Gasteiger partial charge on any atom is -0.494 e. The van der Waals surface area contributed by atoms with Gasteiger partial charge >= 0.3 is 6.36 Å². The van der Waals surface area contributed by atoms with Crippen LogP contribution in [0.3, 0.4) is 0 Å². The van der Waals surface area contributed by atoms with Crippen molar-refractivity contribution in [2.24, 2.45) is 0 Å². The molecule has 1 N–H and O–H groups in total. The lowest BCUT2D eigenvalue weighted by Gasteiger charge is -2.10. The van der Waals surface area contributed by atoms with Gasteiger partial charge < -0.3 is 14.8 Å². The Morgan fingerprint density at radius 1 is 0.950 bits per heavy atom. The first-order valence-electron chi connectivity index (χ1n) is 6.64. The van der Waals surface area contributed by atoms with Gasteiger partial charge in [0.05, 0.1) is 6.61 Å². The number of hydrogen-bond acceptors (Lipinski definition) is 3. The van der Waals surface area contributed by atoms with Gasteiger partial charge in [-0.25, -0.2) is 0 Å². The molecule has 0 spiro atoms. The zero-order valence-corrected chi connectivity index (χ0v) is 11.5. The molecule has 6 heteroatoms. The maximum Gasteiger partial charge on any atom is 0.573 e. The molecule has 0 radical (unpaired) electrons. The fourth-order valence-electron chi connectivity index (χ4n) is 1.68. The molecular formula is C14H20F3NO2. The van der Waals surface area contributed by atoms with Crippen LogP contribution >= 0.6 is 0 Å². The lowest BCUT2D eigenvalue weighted by atomic mass is 10.2. The molecule has 0 aromatic heterocycles. The van der Waals surface area contributed by atoms with Gasteiger partial charge in [0.2, 0.25) is 0 Å². The van der Waals surface area contributed by atoms with Crippen molar-refractivity contribution in [3.05, 3.63) is 24.3 Å². The minimum absolute atomic E-state index is 0.239. The number of rotatable bonds is 9. The van der Waals surface area contributed by atoms with Crippen LogP contribution in [0.15, 0.2) is 24.3 Å². The van der Waals surface area contributed by atoms with Gasteiger partial charge in [-0.3, -0.25) is 0 Å². The normalized spacial score (nSPS) is 11.4. The van der Waals surface area contributed by atoms with Crippen molar-refractivity contribution in [2.75, 3.05) is 20.2 Å². The van der Waals surface area contributed by atoms with Crippen LogP contribution in [0.5, 0.6) is 11.5 Å². The summed E-state index contributed by atoms with van der Waals surface area (Å²) in [6.45, 7) is 1.58. The molecule has 0 bridgehead atoms. The Hall–Kier alpha value is -1.43. The van der Waals surface area contributed by atoms with Gasteiger partial charge in [-0.2, -0.15) is 0 Å². The first kappa shape index (κ1) is 16.6. The van der Waals surface area contributed by atoms with Crippen molar-refractivity contribution in [1.82, 2.24) is 5.32 Å². The SMILES string of the molecule is CNCCCCCCOc1ccc(OC(F)(F)F)cc1. The van der Waals surface area contributed by atoms with Crippen molar-refractivity contribution in [3.63, 3.8) is 0 Å². The first-order valence-corrected chi connectivity index (χ1v) is 6.64. The van der Waals surface area contributed by atoms with Crippen molar-refractivity contribution in [1.29, 1.82) is 0 Å². The Bertz CT molecular complexity index is 366. The minimum atomic E-state index is -4.66. The van der Waals surface area contributed by atoms with Crippen LogP contribution in [0.4, 0.5) is 13.2 Å². The number of nitrogens with one attached hydrogen (secondary N) is 1. The summed E-state index contributed by atoms with van der Waals surface area (Å²) in [5.41, 5.74) is 0. The van der Waals surface area contributed by atoms with Crippen LogP contribution in [0.25, 0.3) is 0 Å². The van der Waals surface area contributed by atoms with E-state index in [1.54, 1.807) is 0 Å². The van der Waals surface area contributed by atoms with E-state index in [9.17, 15) is 13.2 Å². The van der Waals surface area contributed by atoms with Crippen molar-refractivity contribution in [2.45, 2.75) is 32.0 Å². The van der Waals surface area contributed by atoms with Crippen LogP contribution in [0, 0.1) is 0 Å². The summed E-state index contributed by atoms with van der Waals surface area (Å²) < 4.78 is 45.1. The summed E-state index contributed by atoms with van der Waals surface area (Å²) >= 11 is 0. The second-order valence-corrected chi connectivity index (χ2v) is 4.39. The van der Waals surface area contributed by atoms with E-state index in [4.69, 9.17) is 4.74 Å². The molecule has 0 fully saturated rings. The standard InChI is InChI=1S/C14H20F3NO2/c1-18-10-4-2-3-5-11-19-12-6-8-13(9-7-12)20-14(15,16)17/h6-9,18H,2-5,10-11H2,1H3. The van der Waals surface area contributed by atoms with E-state index in [0.29, 0.717) is 12.4 Å². The van der Waals surface area contributed by atoms with E-state index in [0.717, 1.165) is 32.2 Å². The maximum atomic E-state index is 12.0. The second kappa shape index (κ2) is 8.68. The van der Waals surface area contributed by atoms with Crippen LogP contribution in [-0.4, -0.2) is 26.6 Å². The van der Waals surface area contributed by atoms with Gasteiger partial charge in [-0.1, -0.05) is 12.8 Å². The van der Waals surface area contributed by atoms with E-state index in [1.165, 1.54) is 24.3 Å². The summed E-state index contributed by atoms with van der Waals surface area (Å²) in [6, 6.07) is 5.44. The lowest BCUT2D eigenvalue weighted by molar-refractivity contribution is -0.274. The van der Waals surface area contributed by atoms with Gasteiger partial charge in [-0.05, 0) is 50.7 Å². The molecule has 114 valence electrons. The summed E-state index contributed by atoms with van der Waals surface area (Å²) in [5.74, 6) is 0.312. The highest BCUT2D eigenvalue weighted by molar-refractivity contribution is 5.31. The van der Waals surface area contributed by atoms with Crippen LogP contribution < -0.4 is 14.8 Å². The summed E-state index contributed by atoms with van der Waals surface area (Å²) in [7, 11) is 1.93. The number of unbranched alkanes of at least 4 members (excludes halogenated alkanes) is 3. The first-order chi connectivity index (χ1) is 9.51. The average Bonchev–Trinajstić information content (AvgIpc) is 2.38. The zero-order valence-electron chi connectivity index (χ0n) is 11.5. The third-order valence-electron chi connectivity index (χ3n) is 2.65. The molecule has 0 aliphatic carbocycles.